The number of hydrogen-bond donors (Lipinski definition) is 2. The third kappa shape index (κ3) is 3.30. The largest absolute Gasteiger partial charge is 0.392 e. The van der Waals surface area contributed by atoms with Crippen molar-refractivity contribution < 1.29 is 5.11 Å². The van der Waals surface area contributed by atoms with Crippen molar-refractivity contribution in [1.82, 2.24) is 9.78 Å². The number of aliphatic hydroxyl groups excluding tert-OH is 1. The van der Waals surface area contributed by atoms with Crippen LogP contribution in [0.4, 0.5) is 5.69 Å². The number of benzene rings is 2. The zero-order valence-corrected chi connectivity index (χ0v) is 12.7. The molecule has 2 aromatic carbocycles. The Balaban J connectivity index is 1.71. The maximum absolute atomic E-state index is 9.18. The zero-order chi connectivity index (χ0) is 15.4. The highest BCUT2D eigenvalue weighted by Gasteiger charge is 2.04. The number of para-hydroxylation sites is 1. The number of halogens is 1. The molecule has 0 amide bonds. The van der Waals surface area contributed by atoms with Gasteiger partial charge in [0.05, 0.1) is 29.2 Å². The van der Waals surface area contributed by atoms with E-state index in [0.717, 1.165) is 22.5 Å². The minimum Gasteiger partial charge on any atom is -0.392 e. The molecule has 0 saturated carbocycles. The quantitative estimate of drug-likeness (QED) is 0.756. The van der Waals surface area contributed by atoms with Gasteiger partial charge in [0.15, 0.2) is 0 Å². The van der Waals surface area contributed by atoms with E-state index in [0.29, 0.717) is 11.6 Å². The fraction of sp³-hybridized carbons (Fsp3) is 0.118. The summed E-state index contributed by atoms with van der Waals surface area (Å²) >= 11 is 6.16. The van der Waals surface area contributed by atoms with Gasteiger partial charge < -0.3 is 10.4 Å². The highest BCUT2D eigenvalue weighted by atomic mass is 35.5. The highest BCUT2D eigenvalue weighted by molar-refractivity contribution is 6.33. The van der Waals surface area contributed by atoms with Crippen LogP contribution < -0.4 is 5.32 Å². The number of rotatable bonds is 5. The van der Waals surface area contributed by atoms with Crippen molar-refractivity contribution in [1.29, 1.82) is 0 Å². The van der Waals surface area contributed by atoms with E-state index in [1.54, 1.807) is 12.1 Å². The first kappa shape index (κ1) is 14.6. The molecule has 0 aliphatic rings. The lowest BCUT2D eigenvalue weighted by atomic mass is 10.2. The summed E-state index contributed by atoms with van der Waals surface area (Å²) in [5.41, 5.74) is 3.70. The maximum Gasteiger partial charge on any atom is 0.0682 e. The van der Waals surface area contributed by atoms with Gasteiger partial charge in [0.25, 0.3) is 0 Å². The molecule has 22 heavy (non-hydrogen) atoms. The molecule has 0 fully saturated rings. The number of hydrogen-bond acceptors (Lipinski definition) is 3. The zero-order valence-electron chi connectivity index (χ0n) is 11.9. The number of aliphatic hydroxyl groups is 1. The Kier molecular flexibility index (Phi) is 4.42. The molecule has 0 spiro atoms. The summed E-state index contributed by atoms with van der Waals surface area (Å²) in [5.74, 6) is 0. The molecular formula is C17H16ClN3O. The molecule has 0 atom stereocenters. The van der Waals surface area contributed by atoms with Crippen molar-refractivity contribution in [2.45, 2.75) is 13.2 Å². The Bertz CT molecular complexity index is 756. The summed E-state index contributed by atoms with van der Waals surface area (Å²) in [4.78, 5) is 0. The van der Waals surface area contributed by atoms with Gasteiger partial charge in [0.2, 0.25) is 0 Å². The minimum atomic E-state index is -0.00219. The molecule has 1 heterocycles. The number of aromatic nitrogens is 2. The van der Waals surface area contributed by atoms with Gasteiger partial charge in [-0.1, -0.05) is 35.9 Å². The van der Waals surface area contributed by atoms with Gasteiger partial charge in [0.1, 0.15) is 0 Å². The van der Waals surface area contributed by atoms with Crippen molar-refractivity contribution in [2.75, 3.05) is 5.32 Å². The second-order valence-electron chi connectivity index (χ2n) is 4.95. The van der Waals surface area contributed by atoms with E-state index in [1.807, 2.05) is 53.5 Å². The van der Waals surface area contributed by atoms with Crippen LogP contribution in [-0.2, 0) is 13.2 Å². The molecule has 3 aromatic rings. The molecule has 2 N–H and O–H groups in total. The lowest BCUT2D eigenvalue weighted by molar-refractivity contribution is 0.282. The molecular weight excluding hydrogens is 298 g/mol. The second-order valence-corrected chi connectivity index (χ2v) is 5.36. The van der Waals surface area contributed by atoms with Gasteiger partial charge in [0, 0.05) is 18.3 Å². The molecule has 0 bridgehead atoms. The summed E-state index contributed by atoms with van der Waals surface area (Å²) in [6, 6.07) is 15.4. The number of anilines is 1. The van der Waals surface area contributed by atoms with Crippen molar-refractivity contribution in [3.05, 3.63) is 77.1 Å². The molecule has 0 radical (unpaired) electrons. The fourth-order valence-corrected chi connectivity index (χ4v) is 2.36. The SMILES string of the molecule is OCc1ccc(Cl)c(NCc2cnn(-c3ccccc3)c2)c1. The Hall–Kier alpha value is -2.30. The first-order chi connectivity index (χ1) is 10.8. The first-order valence-corrected chi connectivity index (χ1v) is 7.36. The summed E-state index contributed by atoms with van der Waals surface area (Å²) in [6.45, 7) is 0.610. The van der Waals surface area contributed by atoms with E-state index in [1.165, 1.54) is 0 Å². The van der Waals surface area contributed by atoms with Gasteiger partial charge in [-0.2, -0.15) is 5.10 Å². The predicted octanol–water partition coefficient (Wildman–Crippen LogP) is 3.63. The summed E-state index contributed by atoms with van der Waals surface area (Å²) in [5, 5.41) is 17.4. The molecule has 3 rings (SSSR count). The average Bonchev–Trinajstić information content (AvgIpc) is 3.04. The molecule has 5 heteroatoms. The molecule has 0 saturated heterocycles. The van der Waals surface area contributed by atoms with Gasteiger partial charge in [-0.15, -0.1) is 0 Å². The topological polar surface area (TPSA) is 50.1 Å². The van der Waals surface area contributed by atoms with E-state index in [2.05, 4.69) is 10.4 Å². The van der Waals surface area contributed by atoms with Gasteiger partial charge >= 0.3 is 0 Å². The summed E-state index contributed by atoms with van der Waals surface area (Å²) < 4.78 is 1.84. The molecule has 1 aromatic heterocycles. The Labute approximate surface area is 134 Å². The third-order valence-corrected chi connectivity index (χ3v) is 3.68. The number of nitrogens with one attached hydrogen (secondary N) is 1. The van der Waals surface area contributed by atoms with Crippen LogP contribution in [0, 0.1) is 0 Å². The third-order valence-electron chi connectivity index (χ3n) is 3.35. The van der Waals surface area contributed by atoms with Crippen LogP contribution in [0.25, 0.3) is 5.69 Å². The maximum atomic E-state index is 9.18. The van der Waals surface area contributed by atoms with Crippen molar-refractivity contribution in [3.8, 4) is 5.69 Å². The molecule has 112 valence electrons. The average molecular weight is 314 g/mol. The summed E-state index contributed by atoms with van der Waals surface area (Å²) in [7, 11) is 0. The molecule has 0 unspecified atom stereocenters. The standard InChI is InChI=1S/C17H16ClN3O/c18-16-7-6-13(12-22)8-17(16)19-9-14-10-20-21(11-14)15-4-2-1-3-5-15/h1-8,10-11,19,22H,9,12H2. The lowest BCUT2D eigenvalue weighted by Crippen LogP contribution is -2.00. The van der Waals surface area contributed by atoms with E-state index in [9.17, 15) is 5.11 Å². The van der Waals surface area contributed by atoms with E-state index >= 15 is 0 Å². The van der Waals surface area contributed by atoms with Crippen LogP contribution in [0.15, 0.2) is 60.9 Å². The normalized spacial score (nSPS) is 10.6. The highest BCUT2D eigenvalue weighted by Crippen LogP contribution is 2.23. The van der Waals surface area contributed by atoms with Crippen LogP contribution in [0.3, 0.4) is 0 Å². The van der Waals surface area contributed by atoms with Crippen LogP contribution in [0.5, 0.6) is 0 Å². The van der Waals surface area contributed by atoms with Crippen LogP contribution in [0.1, 0.15) is 11.1 Å². The monoisotopic (exact) mass is 313 g/mol. The van der Waals surface area contributed by atoms with Gasteiger partial charge in [-0.25, -0.2) is 4.68 Å². The van der Waals surface area contributed by atoms with Crippen LogP contribution in [-0.4, -0.2) is 14.9 Å². The van der Waals surface area contributed by atoms with Crippen LogP contribution >= 0.6 is 11.6 Å². The molecule has 0 aliphatic carbocycles. The van der Waals surface area contributed by atoms with Crippen molar-refractivity contribution in [3.63, 3.8) is 0 Å². The molecule has 0 aliphatic heterocycles. The van der Waals surface area contributed by atoms with Gasteiger partial charge in [-0.3, -0.25) is 0 Å². The van der Waals surface area contributed by atoms with Crippen molar-refractivity contribution >= 4 is 17.3 Å². The Morgan fingerprint density at radius 3 is 2.68 bits per heavy atom. The summed E-state index contributed by atoms with van der Waals surface area (Å²) in [6.07, 6.45) is 3.80. The first-order valence-electron chi connectivity index (χ1n) is 6.98. The lowest BCUT2D eigenvalue weighted by Gasteiger charge is -2.08. The Morgan fingerprint density at radius 1 is 1.09 bits per heavy atom. The van der Waals surface area contributed by atoms with E-state index < -0.39 is 0 Å². The minimum absolute atomic E-state index is 0.00219. The molecule has 4 nitrogen and oxygen atoms in total. The van der Waals surface area contributed by atoms with Crippen LogP contribution in [0.2, 0.25) is 5.02 Å². The van der Waals surface area contributed by atoms with Crippen molar-refractivity contribution in [2.24, 2.45) is 0 Å². The number of nitrogens with zero attached hydrogens (tertiary/aromatic N) is 2. The van der Waals surface area contributed by atoms with E-state index in [-0.39, 0.29) is 6.61 Å². The smallest absolute Gasteiger partial charge is 0.0682 e. The second kappa shape index (κ2) is 6.64. The predicted molar refractivity (Wildman–Crippen MR) is 88.3 cm³/mol. The van der Waals surface area contributed by atoms with E-state index in [4.69, 9.17) is 11.6 Å². The fourth-order valence-electron chi connectivity index (χ4n) is 2.18. The van der Waals surface area contributed by atoms with Gasteiger partial charge in [-0.05, 0) is 29.8 Å². The Morgan fingerprint density at radius 2 is 1.91 bits per heavy atom.